The Bertz CT molecular complexity index is 659. The summed E-state index contributed by atoms with van der Waals surface area (Å²) in [6.45, 7) is 5.97. The molecule has 0 spiro atoms. The average molecular weight is 382 g/mol. The number of thiophene rings is 1. The molecule has 1 aromatic heterocycles. The van der Waals surface area contributed by atoms with Crippen molar-refractivity contribution in [2.45, 2.75) is 26.4 Å². The SMILES string of the molecule is CCN[C@H](C)CNC(=O)c1ccc(CNC(=O)c2cccs2)cc1.Cl. The quantitative estimate of drug-likeness (QED) is 0.658. The van der Waals surface area contributed by atoms with Crippen LogP contribution in [0.15, 0.2) is 41.8 Å². The normalized spacial score (nSPS) is 11.3. The molecule has 1 heterocycles. The predicted molar refractivity (Wildman–Crippen MR) is 105 cm³/mol. The van der Waals surface area contributed by atoms with Crippen molar-refractivity contribution < 1.29 is 9.59 Å². The number of carbonyl (C=O) groups is 2. The molecular formula is C18H24ClN3O2S. The van der Waals surface area contributed by atoms with Crippen molar-refractivity contribution in [3.63, 3.8) is 0 Å². The van der Waals surface area contributed by atoms with E-state index in [4.69, 9.17) is 0 Å². The molecule has 0 fully saturated rings. The molecule has 0 bridgehead atoms. The first-order valence-corrected chi connectivity index (χ1v) is 8.90. The molecule has 0 aliphatic carbocycles. The summed E-state index contributed by atoms with van der Waals surface area (Å²) in [4.78, 5) is 24.7. The fourth-order valence-corrected chi connectivity index (χ4v) is 2.86. The van der Waals surface area contributed by atoms with Crippen molar-refractivity contribution in [3.8, 4) is 0 Å². The zero-order valence-corrected chi connectivity index (χ0v) is 16.0. The second kappa shape index (κ2) is 10.9. The molecule has 5 nitrogen and oxygen atoms in total. The number of benzene rings is 1. The minimum Gasteiger partial charge on any atom is -0.350 e. The van der Waals surface area contributed by atoms with Crippen LogP contribution in [0.5, 0.6) is 0 Å². The van der Waals surface area contributed by atoms with Gasteiger partial charge in [0.2, 0.25) is 0 Å². The summed E-state index contributed by atoms with van der Waals surface area (Å²) in [5.74, 6) is -0.168. The zero-order chi connectivity index (χ0) is 17.4. The zero-order valence-electron chi connectivity index (χ0n) is 14.4. The lowest BCUT2D eigenvalue weighted by atomic mass is 10.1. The van der Waals surface area contributed by atoms with Crippen LogP contribution in [-0.4, -0.2) is 30.9 Å². The molecule has 7 heteroatoms. The second-order valence-corrected chi connectivity index (χ2v) is 6.47. The summed E-state index contributed by atoms with van der Waals surface area (Å²) in [6, 6.07) is 11.2. The van der Waals surface area contributed by atoms with E-state index in [-0.39, 0.29) is 30.3 Å². The average Bonchev–Trinajstić information content (AvgIpc) is 3.13. The lowest BCUT2D eigenvalue weighted by Crippen LogP contribution is -2.38. The maximum Gasteiger partial charge on any atom is 0.261 e. The lowest BCUT2D eigenvalue weighted by molar-refractivity contribution is 0.0943. The van der Waals surface area contributed by atoms with E-state index in [2.05, 4.69) is 16.0 Å². The van der Waals surface area contributed by atoms with Crippen molar-refractivity contribution in [1.29, 1.82) is 0 Å². The molecular weight excluding hydrogens is 358 g/mol. The van der Waals surface area contributed by atoms with Gasteiger partial charge in [-0.15, -0.1) is 23.7 Å². The highest BCUT2D eigenvalue weighted by atomic mass is 35.5. The molecule has 0 radical (unpaired) electrons. The second-order valence-electron chi connectivity index (χ2n) is 5.53. The minimum atomic E-state index is -0.0890. The molecule has 0 aliphatic rings. The fraction of sp³-hybridized carbons (Fsp3) is 0.333. The number of amides is 2. The Morgan fingerprint density at radius 2 is 1.80 bits per heavy atom. The van der Waals surface area contributed by atoms with Crippen molar-refractivity contribution >= 4 is 35.6 Å². The Morgan fingerprint density at radius 1 is 1.08 bits per heavy atom. The van der Waals surface area contributed by atoms with Crippen LogP contribution in [0.4, 0.5) is 0 Å². The van der Waals surface area contributed by atoms with E-state index >= 15 is 0 Å². The van der Waals surface area contributed by atoms with Gasteiger partial charge in [-0.2, -0.15) is 0 Å². The van der Waals surface area contributed by atoms with Crippen molar-refractivity contribution in [1.82, 2.24) is 16.0 Å². The summed E-state index contributed by atoms with van der Waals surface area (Å²) in [5, 5.41) is 10.9. The molecule has 136 valence electrons. The molecule has 0 saturated heterocycles. The monoisotopic (exact) mass is 381 g/mol. The van der Waals surface area contributed by atoms with Crippen LogP contribution in [0.2, 0.25) is 0 Å². The number of nitrogens with one attached hydrogen (secondary N) is 3. The van der Waals surface area contributed by atoms with Gasteiger partial charge in [0.15, 0.2) is 0 Å². The Hall–Kier alpha value is -1.89. The Labute approximate surface area is 158 Å². The molecule has 3 N–H and O–H groups in total. The summed E-state index contributed by atoms with van der Waals surface area (Å²) in [6.07, 6.45) is 0. The van der Waals surface area contributed by atoms with Crippen LogP contribution in [0.3, 0.4) is 0 Å². The summed E-state index contributed by atoms with van der Waals surface area (Å²) in [5.41, 5.74) is 1.57. The predicted octanol–water partition coefficient (Wildman–Crippen LogP) is 2.83. The van der Waals surface area contributed by atoms with Crippen LogP contribution in [0.25, 0.3) is 0 Å². The van der Waals surface area contributed by atoms with Crippen LogP contribution in [-0.2, 0) is 6.54 Å². The van der Waals surface area contributed by atoms with Gasteiger partial charge in [-0.1, -0.05) is 25.1 Å². The first-order valence-electron chi connectivity index (χ1n) is 8.02. The third-order valence-electron chi connectivity index (χ3n) is 3.54. The third-order valence-corrected chi connectivity index (χ3v) is 4.40. The number of carbonyl (C=O) groups excluding carboxylic acids is 2. The number of hydrogen-bond donors (Lipinski definition) is 3. The molecule has 2 aromatic rings. The van der Waals surface area contributed by atoms with Gasteiger partial charge in [-0.05, 0) is 42.6 Å². The van der Waals surface area contributed by atoms with Gasteiger partial charge in [0.05, 0.1) is 4.88 Å². The van der Waals surface area contributed by atoms with E-state index in [0.29, 0.717) is 23.5 Å². The highest BCUT2D eigenvalue weighted by molar-refractivity contribution is 7.12. The van der Waals surface area contributed by atoms with Gasteiger partial charge in [0.1, 0.15) is 0 Å². The molecule has 0 unspecified atom stereocenters. The van der Waals surface area contributed by atoms with Gasteiger partial charge in [0.25, 0.3) is 11.8 Å². The smallest absolute Gasteiger partial charge is 0.261 e. The Kier molecular flexibility index (Phi) is 9.20. The van der Waals surface area contributed by atoms with Crippen LogP contribution in [0.1, 0.15) is 39.4 Å². The summed E-state index contributed by atoms with van der Waals surface area (Å²) in [7, 11) is 0. The molecule has 2 amide bonds. The van der Waals surface area contributed by atoms with Crippen molar-refractivity contribution in [2.75, 3.05) is 13.1 Å². The topological polar surface area (TPSA) is 70.2 Å². The largest absolute Gasteiger partial charge is 0.350 e. The van der Waals surface area contributed by atoms with Gasteiger partial charge in [0, 0.05) is 24.7 Å². The van der Waals surface area contributed by atoms with E-state index in [1.807, 2.05) is 37.4 Å². The lowest BCUT2D eigenvalue weighted by Gasteiger charge is -2.13. The molecule has 0 aliphatic heterocycles. The van der Waals surface area contributed by atoms with Crippen LogP contribution >= 0.6 is 23.7 Å². The molecule has 2 rings (SSSR count). The molecule has 25 heavy (non-hydrogen) atoms. The molecule has 1 aromatic carbocycles. The standard InChI is InChI=1S/C18H23N3O2S.ClH/c1-3-19-13(2)11-20-17(22)15-8-6-14(7-9-15)12-21-18(23)16-5-4-10-24-16;/h4-10,13,19H,3,11-12H2,1-2H3,(H,20,22)(H,21,23);1H/t13-;/m1./s1. The van der Waals surface area contributed by atoms with Gasteiger partial charge in [-0.25, -0.2) is 0 Å². The van der Waals surface area contributed by atoms with E-state index < -0.39 is 0 Å². The van der Waals surface area contributed by atoms with E-state index in [1.165, 1.54) is 11.3 Å². The summed E-state index contributed by atoms with van der Waals surface area (Å²) >= 11 is 1.41. The molecule has 0 saturated carbocycles. The minimum absolute atomic E-state index is 0. The van der Waals surface area contributed by atoms with Crippen molar-refractivity contribution in [2.24, 2.45) is 0 Å². The van der Waals surface area contributed by atoms with Crippen LogP contribution in [0, 0.1) is 0 Å². The number of halogens is 1. The highest BCUT2D eigenvalue weighted by Crippen LogP contribution is 2.09. The van der Waals surface area contributed by atoms with Gasteiger partial charge < -0.3 is 16.0 Å². The maximum atomic E-state index is 12.1. The Balaban J connectivity index is 0.00000312. The number of rotatable bonds is 8. The highest BCUT2D eigenvalue weighted by Gasteiger charge is 2.08. The third kappa shape index (κ3) is 6.86. The number of likely N-dealkylation sites (N-methyl/N-ethyl adjacent to an activating group) is 1. The maximum absolute atomic E-state index is 12.1. The first-order chi connectivity index (χ1) is 11.6. The Morgan fingerprint density at radius 3 is 2.40 bits per heavy atom. The summed E-state index contributed by atoms with van der Waals surface area (Å²) < 4.78 is 0. The number of hydrogen-bond acceptors (Lipinski definition) is 4. The fourth-order valence-electron chi connectivity index (χ4n) is 2.22. The van der Waals surface area contributed by atoms with Crippen LogP contribution < -0.4 is 16.0 Å². The van der Waals surface area contributed by atoms with Gasteiger partial charge >= 0.3 is 0 Å². The molecule has 1 atom stereocenters. The van der Waals surface area contributed by atoms with Crippen molar-refractivity contribution in [3.05, 3.63) is 57.8 Å². The van der Waals surface area contributed by atoms with Gasteiger partial charge in [-0.3, -0.25) is 9.59 Å². The van der Waals surface area contributed by atoms with E-state index in [1.54, 1.807) is 18.2 Å². The first kappa shape index (κ1) is 21.2. The van der Waals surface area contributed by atoms with E-state index in [9.17, 15) is 9.59 Å². The van der Waals surface area contributed by atoms with E-state index in [0.717, 1.165) is 12.1 Å².